The van der Waals surface area contributed by atoms with Crippen molar-refractivity contribution in [1.82, 2.24) is 14.0 Å². The molecule has 2 heterocycles. The van der Waals surface area contributed by atoms with Gasteiger partial charge in [-0.1, -0.05) is 0 Å². The van der Waals surface area contributed by atoms with E-state index in [0.717, 1.165) is 33.5 Å². The number of carbonyl (C=O) groups excluding carboxylic acids is 1. The number of furan rings is 1. The number of aromatic nitrogens is 2. The molecule has 3 rings (SSSR count). The molecule has 2 aromatic heterocycles. The molecule has 0 bridgehead atoms. The predicted octanol–water partition coefficient (Wildman–Crippen LogP) is 0.415. The molecule has 2 N–H and O–H groups in total. The SMILES string of the molecule is Cc1ccc(CN(CC(=O)c2c(N)n(C)c(=O)n(C)c2=O)C2CC2)o1. The highest BCUT2D eigenvalue weighted by Gasteiger charge is 2.32. The summed E-state index contributed by atoms with van der Waals surface area (Å²) in [6.07, 6.45) is 2.02. The largest absolute Gasteiger partial charge is 0.465 e. The number of hydrogen-bond donors (Lipinski definition) is 1. The number of rotatable bonds is 6. The summed E-state index contributed by atoms with van der Waals surface area (Å²) in [5, 5.41) is 0. The van der Waals surface area contributed by atoms with Gasteiger partial charge in [0.05, 0.1) is 13.1 Å². The zero-order chi connectivity index (χ0) is 18.3. The molecule has 0 atom stereocenters. The number of nitrogens with two attached hydrogens (primary N) is 1. The molecule has 1 saturated carbocycles. The van der Waals surface area contributed by atoms with Crippen LogP contribution in [0.4, 0.5) is 5.82 Å². The van der Waals surface area contributed by atoms with Gasteiger partial charge < -0.3 is 10.2 Å². The highest BCUT2D eigenvalue weighted by Crippen LogP contribution is 2.28. The lowest BCUT2D eigenvalue weighted by Gasteiger charge is -2.20. The first-order chi connectivity index (χ1) is 11.8. The molecule has 0 aromatic carbocycles. The van der Waals surface area contributed by atoms with Crippen LogP contribution in [0.3, 0.4) is 0 Å². The van der Waals surface area contributed by atoms with Crippen LogP contribution in [-0.2, 0) is 20.6 Å². The summed E-state index contributed by atoms with van der Waals surface area (Å²) in [7, 11) is 2.78. The first-order valence-electron chi connectivity index (χ1n) is 8.17. The highest BCUT2D eigenvalue weighted by molar-refractivity contribution is 6.01. The number of nitrogen functional groups attached to an aromatic ring is 1. The van der Waals surface area contributed by atoms with Crippen molar-refractivity contribution in [3.8, 4) is 0 Å². The summed E-state index contributed by atoms with van der Waals surface area (Å²) in [6.45, 7) is 2.42. The van der Waals surface area contributed by atoms with E-state index in [2.05, 4.69) is 0 Å². The van der Waals surface area contributed by atoms with Gasteiger partial charge in [-0.2, -0.15) is 0 Å². The van der Waals surface area contributed by atoms with Gasteiger partial charge in [-0.25, -0.2) is 4.79 Å². The lowest BCUT2D eigenvalue weighted by molar-refractivity contribution is 0.0911. The smallest absolute Gasteiger partial charge is 0.332 e. The lowest BCUT2D eigenvalue weighted by Crippen LogP contribution is -2.43. The second-order valence-corrected chi connectivity index (χ2v) is 6.54. The topological polar surface area (TPSA) is 103 Å². The van der Waals surface area contributed by atoms with E-state index >= 15 is 0 Å². The van der Waals surface area contributed by atoms with Crippen molar-refractivity contribution in [2.75, 3.05) is 12.3 Å². The predicted molar refractivity (Wildman–Crippen MR) is 92.5 cm³/mol. The minimum absolute atomic E-state index is 0.0576. The molecular weight excluding hydrogens is 324 g/mol. The summed E-state index contributed by atoms with van der Waals surface area (Å²) in [4.78, 5) is 39.0. The molecule has 25 heavy (non-hydrogen) atoms. The van der Waals surface area contributed by atoms with Crippen molar-refractivity contribution < 1.29 is 9.21 Å². The average molecular weight is 346 g/mol. The fraction of sp³-hybridized carbons (Fsp3) is 0.471. The van der Waals surface area contributed by atoms with E-state index in [1.165, 1.54) is 14.1 Å². The Morgan fingerprint density at radius 3 is 2.52 bits per heavy atom. The van der Waals surface area contributed by atoms with Crippen molar-refractivity contribution >= 4 is 11.6 Å². The third-order valence-corrected chi connectivity index (χ3v) is 4.55. The molecule has 1 aliphatic carbocycles. The van der Waals surface area contributed by atoms with E-state index in [9.17, 15) is 14.4 Å². The maximum Gasteiger partial charge on any atom is 0.332 e. The van der Waals surface area contributed by atoms with Crippen LogP contribution in [0.1, 0.15) is 34.7 Å². The van der Waals surface area contributed by atoms with Crippen molar-refractivity contribution in [3.63, 3.8) is 0 Å². The van der Waals surface area contributed by atoms with Crippen LogP contribution < -0.4 is 17.0 Å². The Balaban J connectivity index is 1.88. The second-order valence-electron chi connectivity index (χ2n) is 6.54. The van der Waals surface area contributed by atoms with Gasteiger partial charge in [0.15, 0.2) is 5.78 Å². The first-order valence-corrected chi connectivity index (χ1v) is 8.17. The molecule has 2 aromatic rings. The zero-order valence-electron chi connectivity index (χ0n) is 14.6. The van der Waals surface area contributed by atoms with E-state index < -0.39 is 11.2 Å². The van der Waals surface area contributed by atoms with Gasteiger partial charge in [-0.3, -0.25) is 23.6 Å². The molecule has 1 aliphatic rings. The van der Waals surface area contributed by atoms with Crippen LogP contribution in [0.2, 0.25) is 0 Å². The Morgan fingerprint density at radius 2 is 1.96 bits per heavy atom. The van der Waals surface area contributed by atoms with E-state index in [1.807, 2.05) is 24.0 Å². The maximum absolute atomic E-state index is 12.8. The molecule has 0 amide bonds. The van der Waals surface area contributed by atoms with Gasteiger partial charge in [-0.15, -0.1) is 0 Å². The fourth-order valence-corrected chi connectivity index (χ4v) is 2.91. The minimum Gasteiger partial charge on any atom is -0.465 e. The lowest BCUT2D eigenvalue weighted by atomic mass is 10.1. The number of anilines is 1. The first kappa shape index (κ1) is 17.2. The number of ketones is 1. The van der Waals surface area contributed by atoms with Gasteiger partial charge in [0.2, 0.25) is 0 Å². The average Bonchev–Trinajstić information content (AvgIpc) is 3.34. The number of nitrogens with zero attached hydrogens (tertiary/aromatic N) is 3. The molecule has 1 fully saturated rings. The van der Waals surface area contributed by atoms with Crippen molar-refractivity contribution in [2.45, 2.75) is 32.4 Å². The number of hydrogen-bond acceptors (Lipinski definition) is 6. The molecule has 0 spiro atoms. The van der Waals surface area contributed by atoms with Crippen LogP contribution in [0.15, 0.2) is 26.1 Å². The second kappa shape index (κ2) is 6.36. The van der Waals surface area contributed by atoms with Gasteiger partial charge >= 0.3 is 5.69 Å². The van der Waals surface area contributed by atoms with Crippen molar-refractivity contribution in [3.05, 3.63) is 50.1 Å². The standard InChI is InChI=1S/C17H22N4O4/c1-10-4-7-12(25-10)8-21(11-5-6-11)9-13(22)14-15(18)19(2)17(24)20(3)16(14)23/h4,7,11H,5-6,8-9,18H2,1-3H3. The van der Waals surface area contributed by atoms with Gasteiger partial charge in [0.1, 0.15) is 22.9 Å². The molecule has 8 heteroatoms. The van der Waals surface area contributed by atoms with E-state index in [4.69, 9.17) is 10.2 Å². The van der Waals surface area contributed by atoms with Gasteiger partial charge in [-0.05, 0) is 31.9 Å². The summed E-state index contributed by atoms with van der Waals surface area (Å²) in [5.41, 5.74) is 4.53. The Labute approximate surface area is 144 Å². The third kappa shape index (κ3) is 3.30. The number of Topliss-reactive ketones (excluding diaryl/α,β-unsaturated/α-hetero) is 1. The van der Waals surface area contributed by atoms with E-state index in [0.29, 0.717) is 12.6 Å². The summed E-state index contributed by atoms with van der Waals surface area (Å²) in [5.74, 6) is 1.11. The minimum atomic E-state index is -0.657. The molecule has 8 nitrogen and oxygen atoms in total. The van der Waals surface area contributed by atoms with Crippen LogP contribution in [0.5, 0.6) is 0 Å². The summed E-state index contributed by atoms with van der Waals surface area (Å²) in [6, 6.07) is 4.06. The van der Waals surface area contributed by atoms with E-state index in [-0.39, 0.29) is 23.7 Å². The molecule has 0 radical (unpaired) electrons. The zero-order valence-corrected chi connectivity index (χ0v) is 14.6. The summed E-state index contributed by atoms with van der Waals surface area (Å²) >= 11 is 0. The molecule has 134 valence electrons. The quantitative estimate of drug-likeness (QED) is 0.760. The van der Waals surface area contributed by atoms with Crippen molar-refractivity contribution in [2.24, 2.45) is 14.1 Å². The molecular formula is C17H22N4O4. The Kier molecular flexibility index (Phi) is 4.38. The van der Waals surface area contributed by atoms with Crippen LogP contribution in [0.25, 0.3) is 0 Å². The number of carbonyl (C=O) groups is 1. The Morgan fingerprint density at radius 1 is 1.28 bits per heavy atom. The van der Waals surface area contributed by atoms with Crippen molar-refractivity contribution in [1.29, 1.82) is 0 Å². The van der Waals surface area contributed by atoms with Gasteiger partial charge in [0.25, 0.3) is 5.56 Å². The third-order valence-electron chi connectivity index (χ3n) is 4.55. The monoisotopic (exact) mass is 346 g/mol. The van der Waals surface area contributed by atoms with E-state index in [1.54, 1.807) is 0 Å². The Bertz CT molecular complexity index is 933. The molecule has 0 saturated heterocycles. The Hall–Kier alpha value is -2.61. The van der Waals surface area contributed by atoms with Crippen LogP contribution >= 0.6 is 0 Å². The maximum atomic E-state index is 12.8. The van der Waals surface area contributed by atoms with Gasteiger partial charge in [0, 0.05) is 20.1 Å². The fourth-order valence-electron chi connectivity index (χ4n) is 2.91. The highest BCUT2D eigenvalue weighted by atomic mass is 16.3. The summed E-state index contributed by atoms with van der Waals surface area (Å²) < 4.78 is 7.61. The normalized spacial score (nSPS) is 14.2. The molecule has 0 aliphatic heterocycles. The number of aryl methyl sites for hydroxylation is 1. The van der Waals surface area contributed by atoms with Crippen LogP contribution in [-0.4, -0.2) is 32.4 Å². The molecule has 0 unspecified atom stereocenters. The van der Waals surface area contributed by atoms with Crippen LogP contribution in [0, 0.1) is 6.92 Å².